The van der Waals surface area contributed by atoms with Gasteiger partial charge in [-0.3, -0.25) is 9.59 Å². The van der Waals surface area contributed by atoms with Gasteiger partial charge < -0.3 is 15.0 Å². The third-order valence-electron chi connectivity index (χ3n) is 2.96. The Kier molecular flexibility index (Phi) is 7.05. The number of ether oxygens (including phenoxy) is 1. The quantitative estimate of drug-likeness (QED) is 0.840. The summed E-state index contributed by atoms with van der Waals surface area (Å²) in [6.45, 7) is 8.31. The fraction of sp³-hybridized carbons (Fsp3) is 0.529. The van der Waals surface area contributed by atoms with Crippen LogP contribution in [0.5, 0.6) is 0 Å². The largest absolute Gasteiger partial charge is 0.374 e. The monoisotopic (exact) mass is 306 g/mol. The van der Waals surface area contributed by atoms with E-state index in [1.807, 2.05) is 39.8 Å². The first kappa shape index (κ1) is 18.2. The highest BCUT2D eigenvalue weighted by Gasteiger charge is 2.15. The minimum atomic E-state index is -0.171. The van der Waals surface area contributed by atoms with Gasteiger partial charge >= 0.3 is 0 Å². The number of benzene rings is 1. The van der Waals surface area contributed by atoms with Crippen LogP contribution in [0.25, 0.3) is 0 Å². The predicted octanol–water partition coefficient (Wildman–Crippen LogP) is 2.21. The molecule has 0 spiro atoms. The number of amides is 2. The summed E-state index contributed by atoms with van der Waals surface area (Å²) in [5, 5.41) is 2.77. The lowest BCUT2D eigenvalue weighted by Crippen LogP contribution is -2.40. The minimum Gasteiger partial charge on any atom is -0.374 e. The molecule has 2 amide bonds. The molecule has 5 heteroatoms. The zero-order chi connectivity index (χ0) is 16.7. The molecule has 0 aliphatic rings. The number of hydrogen-bond acceptors (Lipinski definition) is 3. The average molecular weight is 306 g/mol. The van der Waals surface area contributed by atoms with Gasteiger partial charge in [0.25, 0.3) is 5.91 Å². The Bertz CT molecular complexity index is 495. The standard InChI is InChI=1S/C17H26N2O3/c1-12(2)18-16(20)10-19(5)17(21)15-8-6-14(7-9-15)11-22-13(3)4/h6-9,12-13H,10-11H2,1-5H3,(H,18,20). The molecule has 0 unspecified atom stereocenters. The maximum absolute atomic E-state index is 12.3. The molecule has 1 aromatic rings. The fourth-order valence-corrected chi connectivity index (χ4v) is 1.88. The number of nitrogens with zero attached hydrogens (tertiary/aromatic N) is 1. The molecule has 0 radical (unpaired) electrons. The number of carbonyl (C=O) groups is 2. The highest BCUT2D eigenvalue weighted by Crippen LogP contribution is 2.09. The van der Waals surface area contributed by atoms with Crippen LogP contribution in [0.2, 0.25) is 0 Å². The van der Waals surface area contributed by atoms with Crippen molar-refractivity contribution in [2.75, 3.05) is 13.6 Å². The minimum absolute atomic E-state index is 0.0508. The van der Waals surface area contributed by atoms with Gasteiger partial charge in [-0.15, -0.1) is 0 Å². The van der Waals surface area contributed by atoms with E-state index in [0.29, 0.717) is 12.2 Å². The first-order chi connectivity index (χ1) is 10.3. The van der Waals surface area contributed by atoms with Crippen molar-refractivity contribution in [3.8, 4) is 0 Å². The summed E-state index contributed by atoms with van der Waals surface area (Å²) in [6, 6.07) is 7.34. The van der Waals surface area contributed by atoms with Gasteiger partial charge in [-0.1, -0.05) is 12.1 Å². The van der Waals surface area contributed by atoms with Gasteiger partial charge in [0, 0.05) is 18.7 Å². The molecule has 0 heterocycles. The zero-order valence-corrected chi connectivity index (χ0v) is 14.1. The van der Waals surface area contributed by atoms with Crippen molar-refractivity contribution in [1.29, 1.82) is 0 Å². The molecule has 0 fully saturated rings. The van der Waals surface area contributed by atoms with E-state index in [-0.39, 0.29) is 30.5 Å². The maximum Gasteiger partial charge on any atom is 0.254 e. The molecule has 122 valence electrons. The van der Waals surface area contributed by atoms with Gasteiger partial charge in [0.1, 0.15) is 0 Å². The molecule has 0 bridgehead atoms. The third-order valence-corrected chi connectivity index (χ3v) is 2.96. The Balaban J connectivity index is 2.59. The predicted molar refractivity (Wildman–Crippen MR) is 86.6 cm³/mol. The van der Waals surface area contributed by atoms with Crippen molar-refractivity contribution in [2.45, 2.75) is 46.4 Å². The van der Waals surface area contributed by atoms with E-state index in [1.165, 1.54) is 4.90 Å². The van der Waals surface area contributed by atoms with Crippen molar-refractivity contribution in [3.05, 3.63) is 35.4 Å². The second-order valence-electron chi connectivity index (χ2n) is 5.94. The first-order valence-corrected chi connectivity index (χ1v) is 7.55. The molecule has 0 saturated carbocycles. The number of hydrogen-bond donors (Lipinski definition) is 1. The molecular formula is C17H26N2O3. The van der Waals surface area contributed by atoms with Crippen LogP contribution in [-0.2, 0) is 16.1 Å². The van der Waals surface area contributed by atoms with Crippen molar-refractivity contribution in [2.24, 2.45) is 0 Å². The van der Waals surface area contributed by atoms with Gasteiger partial charge in [0.05, 0.1) is 19.3 Å². The molecular weight excluding hydrogens is 280 g/mol. The van der Waals surface area contributed by atoms with Gasteiger partial charge in [-0.05, 0) is 45.4 Å². The van der Waals surface area contributed by atoms with Crippen LogP contribution in [0.1, 0.15) is 43.6 Å². The lowest BCUT2D eigenvalue weighted by Gasteiger charge is -2.18. The van der Waals surface area contributed by atoms with Crippen LogP contribution >= 0.6 is 0 Å². The van der Waals surface area contributed by atoms with Crippen LogP contribution in [0.3, 0.4) is 0 Å². The molecule has 5 nitrogen and oxygen atoms in total. The zero-order valence-electron chi connectivity index (χ0n) is 14.1. The van der Waals surface area contributed by atoms with Crippen molar-refractivity contribution in [1.82, 2.24) is 10.2 Å². The Morgan fingerprint density at radius 2 is 1.73 bits per heavy atom. The molecule has 0 aromatic heterocycles. The molecule has 1 aromatic carbocycles. The summed E-state index contributed by atoms with van der Waals surface area (Å²) < 4.78 is 5.52. The maximum atomic E-state index is 12.3. The highest BCUT2D eigenvalue weighted by atomic mass is 16.5. The number of rotatable bonds is 7. The summed E-state index contributed by atoms with van der Waals surface area (Å²) in [6.07, 6.45) is 0.173. The molecule has 1 rings (SSSR count). The molecule has 0 aliphatic heterocycles. The van der Waals surface area contributed by atoms with E-state index in [2.05, 4.69) is 5.32 Å². The molecule has 0 saturated heterocycles. The number of likely N-dealkylation sites (N-methyl/N-ethyl adjacent to an activating group) is 1. The topological polar surface area (TPSA) is 58.6 Å². The second-order valence-corrected chi connectivity index (χ2v) is 5.94. The summed E-state index contributed by atoms with van der Waals surface area (Å²) >= 11 is 0. The van der Waals surface area contributed by atoms with Crippen LogP contribution in [-0.4, -0.2) is 42.5 Å². The van der Waals surface area contributed by atoms with Crippen molar-refractivity contribution >= 4 is 11.8 Å². The fourth-order valence-electron chi connectivity index (χ4n) is 1.88. The first-order valence-electron chi connectivity index (χ1n) is 7.55. The van der Waals surface area contributed by atoms with E-state index < -0.39 is 0 Å². The van der Waals surface area contributed by atoms with E-state index in [9.17, 15) is 9.59 Å². The third kappa shape index (κ3) is 6.26. The normalized spacial score (nSPS) is 10.9. The smallest absolute Gasteiger partial charge is 0.254 e. The van der Waals surface area contributed by atoms with Crippen LogP contribution in [0.15, 0.2) is 24.3 Å². The van der Waals surface area contributed by atoms with Crippen molar-refractivity contribution < 1.29 is 14.3 Å². The lowest BCUT2D eigenvalue weighted by atomic mass is 10.1. The second kappa shape index (κ2) is 8.54. The summed E-state index contributed by atoms with van der Waals surface area (Å²) in [4.78, 5) is 25.4. The lowest BCUT2D eigenvalue weighted by molar-refractivity contribution is -0.122. The van der Waals surface area contributed by atoms with Gasteiger partial charge in [0.2, 0.25) is 5.91 Å². The molecule has 0 aliphatic carbocycles. The van der Waals surface area contributed by atoms with Gasteiger partial charge in [-0.25, -0.2) is 0 Å². The Morgan fingerprint density at radius 3 is 2.23 bits per heavy atom. The van der Waals surface area contributed by atoms with Crippen LogP contribution in [0, 0.1) is 0 Å². The summed E-state index contributed by atoms with van der Waals surface area (Å²) in [7, 11) is 1.62. The van der Waals surface area contributed by atoms with Crippen LogP contribution < -0.4 is 5.32 Å². The molecule has 0 atom stereocenters. The van der Waals surface area contributed by atoms with E-state index in [1.54, 1.807) is 19.2 Å². The summed E-state index contributed by atoms with van der Waals surface area (Å²) in [5.74, 6) is -0.331. The average Bonchev–Trinajstić information content (AvgIpc) is 2.43. The van der Waals surface area contributed by atoms with E-state index in [4.69, 9.17) is 4.74 Å². The van der Waals surface area contributed by atoms with E-state index >= 15 is 0 Å². The Hall–Kier alpha value is -1.88. The number of nitrogens with one attached hydrogen (secondary N) is 1. The SMILES string of the molecule is CC(C)NC(=O)CN(C)C(=O)c1ccc(COC(C)C)cc1. The highest BCUT2D eigenvalue weighted by molar-refractivity contribution is 5.96. The molecule has 1 N–H and O–H groups in total. The van der Waals surface area contributed by atoms with Crippen molar-refractivity contribution in [3.63, 3.8) is 0 Å². The number of carbonyl (C=O) groups excluding carboxylic acids is 2. The summed E-state index contributed by atoms with van der Waals surface area (Å²) in [5.41, 5.74) is 1.58. The van der Waals surface area contributed by atoms with Gasteiger partial charge in [0.15, 0.2) is 0 Å². The van der Waals surface area contributed by atoms with E-state index in [0.717, 1.165) is 5.56 Å². The van der Waals surface area contributed by atoms with Gasteiger partial charge in [-0.2, -0.15) is 0 Å². The molecule has 22 heavy (non-hydrogen) atoms. The Labute approximate surface area is 132 Å². The van der Waals surface area contributed by atoms with Crippen LogP contribution in [0.4, 0.5) is 0 Å². The Morgan fingerprint density at radius 1 is 1.14 bits per heavy atom.